The molecule has 0 spiro atoms. The molecule has 3 nitrogen and oxygen atoms in total. The van der Waals surface area contributed by atoms with Crippen molar-refractivity contribution < 1.29 is 0 Å². The number of hydrogen-bond acceptors (Lipinski definition) is 3. The molecule has 2 heterocycles. The first-order valence-corrected chi connectivity index (χ1v) is 7.09. The van der Waals surface area contributed by atoms with Gasteiger partial charge in [0.25, 0.3) is 0 Å². The monoisotopic (exact) mass is 247 g/mol. The zero-order chi connectivity index (χ0) is 12.8. The van der Waals surface area contributed by atoms with Crippen molar-refractivity contribution in [2.45, 2.75) is 32.6 Å². The molecule has 2 aliphatic rings. The van der Waals surface area contributed by atoms with Crippen LogP contribution in [0.15, 0.2) is 18.2 Å². The molecule has 0 saturated carbocycles. The van der Waals surface area contributed by atoms with Gasteiger partial charge in [-0.25, -0.2) is 0 Å². The number of nitrogens with two attached hydrogens (primary N) is 1. The van der Waals surface area contributed by atoms with Gasteiger partial charge in [-0.15, -0.1) is 0 Å². The van der Waals surface area contributed by atoms with Crippen LogP contribution in [-0.4, -0.2) is 26.2 Å². The minimum Gasteiger partial charge on any atom is -0.399 e. The van der Waals surface area contributed by atoms with Crippen molar-refractivity contribution in [3.8, 4) is 0 Å². The van der Waals surface area contributed by atoms with Crippen molar-refractivity contribution in [1.82, 2.24) is 5.32 Å². The van der Waals surface area contributed by atoms with Gasteiger partial charge in [0.05, 0.1) is 0 Å². The Balaban J connectivity index is 0.000000202. The van der Waals surface area contributed by atoms with Crippen molar-refractivity contribution in [2.24, 2.45) is 0 Å². The second-order valence-electron chi connectivity index (χ2n) is 5.19. The lowest BCUT2D eigenvalue weighted by Crippen LogP contribution is -2.17. The fourth-order valence-corrected chi connectivity index (χ4v) is 2.46. The SMILES string of the molecule is C1CCNC1.Cc1cc(N2CCCC2)ccc1N. The third kappa shape index (κ3) is 3.64. The van der Waals surface area contributed by atoms with Gasteiger partial charge in [0.2, 0.25) is 0 Å². The summed E-state index contributed by atoms with van der Waals surface area (Å²) in [6.07, 6.45) is 5.42. The van der Waals surface area contributed by atoms with Crippen LogP contribution in [0, 0.1) is 6.92 Å². The largest absolute Gasteiger partial charge is 0.399 e. The first-order valence-electron chi connectivity index (χ1n) is 7.09. The van der Waals surface area contributed by atoms with Crippen LogP contribution in [0.1, 0.15) is 31.2 Å². The number of benzene rings is 1. The molecule has 0 radical (unpaired) electrons. The van der Waals surface area contributed by atoms with Crippen LogP contribution in [0.5, 0.6) is 0 Å². The molecule has 100 valence electrons. The number of nitrogens with one attached hydrogen (secondary N) is 1. The highest BCUT2D eigenvalue weighted by molar-refractivity contribution is 5.58. The fourth-order valence-electron chi connectivity index (χ4n) is 2.46. The summed E-state index contributed by atoms with van der Waals surface area (Å²) in [4.78, 5) is 2.42. The highest BCUT2D eigenvalue weighted by atomic mass is 15.1. The van der Waals surface area contributed by atoms with Gasteiger partial charge in [-0.05, 0) is 69.5 Å². The summed E-state index contributed by atoms with van der Waals surface area (Å²) in [5.41, 5.74) is 9.17. The van der Waals surface area contributed by atoms with Crippen molar-refractivity contribution >= 4 is 11.4 Å². The van der Waals surface area contributed by atoms with Gasteiger partial charge < -0.3 is 16.0 Å². The van der Waals surface area contributed by atoms with Crippen LogP contribution < -0.4 is 16.0 Å². The van der Waals surface area contributed by atoms with Crippen LogP contribution in [0.2, 0.25) is 0 Å². The second kappa shape index (κ2) is 6.64. The van der Waals surface area contributed by atoms with E-state index in [1.165, 1.54) is 63.1 Å². The molecule has 2 aliphatic heterocycles. The molecular formula is C15H25N3. The molecule has 0 unspecified atom stereocenters. The highest BCUT2D eigenvalue weighted by Gasteiger charge is 2.12. The average molecular weight is 247 g/mol. The number of aryl methyl sites for hydroxylation is 1. The Morgan fingerprint density at radius 3 is 2.22 bits per heavy atom. The molecule has 3 heteroatoms. The van der Waals surface area contributed by atoms with Crippen LogP contribution >= 0.6 is 0 Å². The van der Waals surface area contributed by atoms with Gasteiger partial charge in [-0.2, -0.15) is 0 Å². The Morgan fingerprint density at radius 2 is 1.72 bits per heavy atom. The molecule has 0 aliphatic carbocycles. The molecule has 18 heavy (non-hydrogen) atoms. The Kier molecular flexibility index (Phi) is 4.88. The summed E-state index contributed by atoms with van der Waals surface area (Å²) in [5.74, 6) is 0. The minimum atomic E-state index is 0.892. The Labute approximate surface area is 110 Å². The van der Waals surface area contributed by atoms with E-state index in [0.717, 1.165) is 5.69 Å². The predicted molar refractivity (Wildman–Crippen MR) is 79.1 cm³/mol. The molecule has 3 rings (SSSR count). The van der Waals surface area contributed by atoms with E-state index in [4.69, 9.17) is 5.73 Å². The third-order valence-electron chi connectivity index (χ3n) is 3.68. The molecule has 1 aromatic carbocycles. The molecule has 0 bridgehead atoms. The van der Waals surface area contributed by atoms with E-state index in [-0.39, 0.29) is 0 Å². The normalized spacial score (nSPS) is 18.6. The van der Waals surface area contributed by atoms with Crippen molar-refractivity contribution in [3.63, 3.8) is 0 Å². The van der Waals surface area contributed by atoms with Crippen LogP contribution in [0.25, 0.3) is 0 Å². The second-order valence-corrected chi connectivity index (χ2v) is 5.19. The van der Waals surface area contributed by atoms with Gasteiger partial charge in [0.15, 0.2) is 0 Å². The van der Waals surface area contributed by atoms with Crippen LogP contribution in [0.4, 0.5) is 11.4 Å². The van der Waals surface area contributed by atoms with E-state index in [1.807, 2.05) is 6.07 Å². The van der Waals surface area contributed by atoms with E-state index < -0.39 is 0 Å². The van der Waals surface area contributed by atoms with E-state index in [1.54, 1.807) is 0 Å². The van der Waals surface area contributed by atoms with Gasteiger partial charge in [-0.3, -0.25) is 0 Å². The summed E-state index contributed by atoms with van der Waals surface area (Å²) >= 11 is 0. The number of anilines is 2. The standard InChI is InChI=1S/C11H16N2.C4H9N/c1-9-8-10(4-5-11(9)12)13-6-2-3-7-13;1-2-4-5-3-1/h4-5,8H,2-3,6-7,12H2,1H3;5H,1-4H2. The van der Waals surface area contributed by atoms with Crippen molar-refractivity contribution in [1.29, 1.82) is 0 Å². The summed E-state index contributed by atoms with van der Waals surface area (Å²) in [7, 11) is 0. The number of hydrogen-bond donors (Lipinski definition) is 2. The highest BCUT2D eigenvalue weighted by Crippen LogP contribution is 2.23. The molecule has 0 aromatic heterocycles. The van der Waals surface area contributed by atoms with Crippen LogP contribution in [0.3, 0.4) is 0 Å². The Morgan fingerprint density at radius 1 is 1.06 bits per heavy atom. The molecular weight excluding hydrogens is 222 g/mol. The van der Waals surface area contributed by atoms with Gasteiger partial charge >= 0.3 is 0 Å². The third-order valence-corrected chi connectivity index (χ3v) is 3.68. The van der Waals surface area contributed by atoms with Crippen LogP contribution in [-0.2, 0) is 0 Å². The van der Waals surface area contributed by atoms with Gasteiger partial charge in [-0.1, -0.05) is 0 Å². The van der Waals surface area contributed by atoms with E-state index in [9.17, 15) is 0 Å². The Hall–Kier alpha value is -1.22. The first-order chi connectivity index (χ1) is 8.77. The number of rotatable bonds is 1. The number of nitrogen functional groups attached to an aromatic ring is 1. The summed E-state index contributed by atoms with van der Waals surface area (Å²) < 4.78 is 0. The predicted octanol–water partition coefficient (Wildman–Crippen LogP) is 2.55. The lowest BCUT2D eigenvalue weighted by Gasteiger charge is -2.18. The topological polar surface area (TPSA) is 41.3 Å². The summed E-state index contributed by atoms with van der Waals surface area (Å²) in [6.45, 7) is 6.96. The van der Waals surface area contributed by atoms with Crippen molar-refractivity contribution in [2.75, 3.05) is 36.8 Å². The molecule has 2 saturated heterocycles. The molecule has 3 N–H and O–H groups in total. The molecule has 1 aromatic rings. The maximum Gasteiger partial charge on any atom is 0.0370 e. The lowest BCUT2D eigenvalue weighted by molar-refractivity contribution is 0.857. The Bertz CT molecular complexity index is 358. The molecule has 2 fully saturated rings. The number of nitrogens with zero attached hydrogens (tertiary/aromatic N) is 1. The molecule has 0 amide bonds. The zero-order valence-electron chi connectivity index (χ0n) is 11.4. The summed E-state index contributed by atoms with van der Waals surface area (Å²) in [6, 6.07) is 6.30. The summed E-state index contributed by atoms with van der Waals surface area (Å²) in [5, 5.41) is 3.22. The lowest BCUT2D eigenvalue weighted by atomic mass is 10.2. The van der Waals surface area contributed by atoms with E-state index in [2.05, 4.69) is 29.3 Å². The van der Waals surface area contributed by atoms with E-state index >= 15 is 0 Å². The van der Waals surface area contributed by atoms with Crippen molar-refractivity contribution in [3.05, 3.63) is 23.8 Å². The van der Waals surface area contributed by atoms with E-state index in [0.29, 0.717) is 0 Å². The maximum atomic E-state index is 5.77. The maximum absolute atomic E-state index is 5.77. The van der Waals surface area contributed by atoms with Gasteiger partial charge in [0.1, 0.15) is 0 Å². The quantitative estimate of drug-likeness (QED) is 0.749. The fraction of sp³-hybridized carbons (Fsp3) is 0.600. The zero-order valence-corrected chi connectivity index (χ0v) is 11.4. The van der Waals surface area contributed by atoms with Gasteiger partial charge in [0, 0.05) is 24.5 Å². The minimum absolute atomic E-state index is 0.892. The smallest absolute Gasteiger partial charge is 0.0370 e. The molecule has 0 atom stereocenters. The first kappa shape index (κ1) is 13.2. The average Bonchev–Trinajstić information content (AvgIpc) is 3.07.